The van der Waals surface area contributed by atoms with Crippen molar-refractivity contribution in [2.24, 2.45) is 0 Å². The van der Waals surface area contributed by atoms with E-state index >= 15 is 0 Å². The Bertz CT molecular complexity index is 526. The zero-order valence-electron chi connectivity index (χ0n) is 12.3. The van der Waals surface area contributed by atoms with Gasteiger partial charge >= 0.3 is 6.03 Å². The predicted octanol–water partition coefficient (Wildman–Crippen LogP) is 1.96. The van der Waals surface area contributed by atoms with Gasteiger partial charge < -0.3 is 15.5 Å². The molecule has 2 atom stereocenters. The number of hydrogen-bond acceptors (Lipinski definition) is 3. The van der Waals surface area contributed by atoms with E-state index in [1.807, 2.05) is 6.92 Å². The van der Waals surface area contributed by atoms with Crippen LogP contribution in [0.15, 0.2) is 6.07 Å². The molecule has 20 heavy (non-hydrogen) atoms. The number of carbonyl (C=O) groups is 2. The highest BCUT2D eigenvalue weighted by Crippen LogP contribution is 2.26. The molecule has 5 nitrogen and oxygen atoms in total. The summed E-state index contributed by atoms with van der Waals surface area (Å²) < 4.78 is 0. The third-order valence-corrected chi connectivity index (χ3v) is 4.61. The van der Waals surface area contributed by atoms with Gasteiger partial charge in [-0.2, -0.15) is 0 Å². The SMILES string of the molecule is Cc1cc([C@H](C)NC(=O)N[C@@H]2CCN(C)C2=O)c(C)s1. The van der Waals surface area contributed by atoms with Crippen molar-refractivity contribution in [1.82, 2.24) is 15.5 Å². The minimum Gasteiger partial charge on any atom is -0.344 e. The minimum atomic E-state index is -0.391. The molecule has 0 aliphatic carbocycles. The highest BCUT2D eigenvalue weighted by atomic mass is 32.1. The highest BCUT2D eigenvalue weighted by molar-refractivity contribution is 7.12. The summed E-state index contributed by atoms with van der Waals surface area (Å²) in [5.74, 6) is -0.0182. The van der Waals surface area contributed by atoms with E-state index < -0.39 is 6.04 Å². The van der Waals surface area contributed by atoms with E-state index in [2.05, 4.69) is 30.5 Å². The molecule has 1 saturated heterocycles. The second kappa shape index (κ2) is 5.83. The second-order valence-electron chi connectivity index (χ2n) is 5.31. The summed E-state index contributed by atoms with van der Waals surface area (Å²) in [5, 5.41) is 5.65. The van der Waals surface area contributed by atoms with Crippen LogP contribution in [0.5, 0.6) is 0 Å². The maximum atomic E-state index is 12.0. The lowest BCUT2D eigenvalue weighted by atomic mass is 10.1. The summed E-state index contributed by atoms with van der Waals surface area (Å²) in [7, 11) is 1.75. The minimum absolute atomic E-state index is 0.0182. The van der Waals surface area contributed by atoms with Crippen LogP contribution in [-0.2, 0) is 4.79 Å². The summed E-state index contributed by atoms with van der Waals surface area (Å²) in [6.07, 6.45) is 0.674. The number of aryl methyl sites for hydroxylation is 2. The summed E-state index contributed by atoms with van der Waals surface area (Å²) in [5.41, 5.74) is 1.14. The molecule has 0 unspecified atom stereocenters. The van der Waals surface area contributed by atoms with Gasteiger partial charge in [0.2, 0.25) is 5.91 Å². The number of nitrogens with zero attached hydrogens (tertiary/aromatic N) is 1. The van der Waals surface area contributed by atoms with Crippen molar-refractivity contribution >= 4 is 23.3 Å². The van der Waals surface area contributed by atoms with Crippen LogP contribution in [0, 0.1) is 13.8 Å². The third kappa shape index (κ3) is 3.12. The molecular weight excluding hydrogens is 274 g/mol. The average Bonchev–Trinajstić information content (AvgIpc) is 2.85. The number of rotatable bonds is 3. The molecule has 0 saturated carbocycles. The van der Waals surface area contributed by atoms with E-state index in [1.165, 1.54) is 9.75 Å². The van der Waals surface area contributed by atoms with Crippen molar-refractivity contribution < 1.29 is 9.59 Å². The van der Waals surface area contributed by atoms with Gasteiger partial charge in [-0.15, -0.1) is 11.3 Å². The number of carbonyl (C=O) groups excluding carboxylic acids is 2. The molecule has 0 aromatic carbocycles. The standard InChI is InChI=1S/C14H21N3O2S/c1-8-7-11(10(3)20-8)9(2)15-14(19)16-12-5-6-17(4)13(12)18/h7,9,12H,5-6H2,1-4H3,(H2,15,16,19)/t9-,12+/m0/s1. The molecule has 110 valence electrons. The van der Waals surface area contributed by atoms with Crippen LogP contribution in [0.4, 0.5) is 4.79 Å². The van der Waals surface area contributed by atoms with Crippen molar-refractivity contribution in [2.75, 3.05) is 13.6 Å². The topological polar surface area (TPSA) is 61.4 Å². The van der Waals surface area contributed by atoms with Gasteiger partial charge in [0, 0.05) is 23.3 Å². The van der Waals surface area contributed by atoms with E-state index in [0.717, 1.165) is 5.56 Å². The normalized spacial score (nSPS) is 20.1. The maximum Gasteiger partial charge on any atom is 0.315 e. The Morgan fingerprint density at radius 3 is 2.70 bits per heavy atom. The Hall–Kier alpha value is -1.56. The number of likely N-dealkylation sites (tertiary alicyclic amines) is 1. The molecule has 0 bridgehead atoms. The number of amides is 3. The fraction of sp³-hybridized carbons (Fsp3) is 0.571. The Kier molecular flexibility index (Phi) is 4.32. The van der Waals surface area contributed by atoms with E-state index in [4.69, 9.17) is 0 Å². The first-order chi connectivity index (χ1) is 9.38. The Morgan fingerprint density at radius 2 is 2.20 bits per heavy atom. The summed E-state index contributed by atoms with van der Waals surface area (Å²) in [6, 6.07) is 1.36. The summed E-state index contributed by atoms with van der Waals surface area (Å²) in [4.78, 5) is 27.8. The van der Waals surface area contributed by atoms with E-state index in [1.54, 1.807) is 23.3 Å². The van der Waals surface area contributed by atoms with Crippen molar-refractivity contribution in [3.8, 4) is 0 Å². The largest absolute Gasteiger partial charge is 0.344 e. The highest BCUT2D eigenvalue weighted by Gasteiger charge is 2.30. The van der Waals surface area contributed by atoms with Crippen molar-refractivity contribution in [3.05, 3.63) is 21.4 Å². The third-order valence-electron chi connectivity index (χ3n) is 3.63. The van der Waals surface area contributed by atoms with Crippen LogP contribution < -0.4 is 10.6 Å². The number of hydrogen-bond donors (Lipinski definition) is 2. The molecule has 1 aromatic heterocycles. The molecule has 0 radical (unpaired) electrons. The van der Waals surface area contributed by atoms with Crippen LogP contribution in [-0.4, -0.2) is 36.5 Å². The van der Waals surface area contributed by atoms with Crippen LogP contribution in [0.1, 0.15) is 34.7 Å². The molecule has 1 aliphatic rings. The van der Waals surface area contributed by atoms with E-state index in [9.17, 15) is 9.59 Å². The van der Waals surface area contributed by atoms with Gasteiger partial charge in [0.25, 0.3) is 0 Å². The monoisotopic (exact) mass is 295 g/mol. The first-order valence-electron chi connectivity index (χ1n) is 6.77. The molecule has 3 amide bonds. The van der Waals surface area contributed by atoms with Crippen LogP contribution in [0.2, 0.25) is 0 Å². The first kappa shape index (κ1) is 14.8. The number of likely N-dealkylation sites (N-methyl/N-ethyl adjacent to an activating group) is 1. The van der Waals surface area contributed by atoms with Crippen LogP contribution in [0.25, 0.3) is 0 Å². The summed E-state index contributed by atoms with van der Waals surface area (Å²) in [6.45, 7) is 6.76. The molecular formula is C14H21N3O2S. The lowest BCUT2D eigenvalue weighted by Gasteiger charge is -2.17. The van der Waals surface area contributed by atoms with Gasteiger partial charge in [-0.25, -0.2) is 4.79 Å². The fourth-order valence-corrected chi connectivity index (χ4v) is 3.53. The summed E-state index contributed by atoms with van der Waals surface area (Å²) >= 11 is 1.73. The number of thiophene rings is 1. The van der Waals surface area contributed by atoms with E-state index in [0.29, 0.717) is 13.0 Å². The fourth-order valence-electron chi connectivity index (χ4n) is 2.51. The zero-order valence-corrected chi connectivity index (χ0v) is 13.1. The zero-order chi connectivity index (χ0) is 14.9. The van der Waals surface area contributed by atoms with Gasteiger partial charge in [-0.3, -0.25) is 4.79 Å². The Morgan fingerprint density at radius 1 is 1.50 bits per heavy atom. The van der Waals surface area contributed by atoms with Gasteiger partial charge in [-0.1, -0.05) is 0 Å². The number of nitrogens with one attached hydrogen (secondary N) is 2. The van der Waals surface area contributed by atoms with Gasteiger partial charge in [0.05, 0.1) is 6.04 Å². The Balaban J connectivity index is 1.91. The van der Waals surface area contributed by atoms with Crippen LogP contribution in [0.3, 0.4) is 0 Å². The number of urea groups is 1. The van der Waals surface area contributed by atoms with Gasteiger partial charge in [-0.05, 0) is 38.8 Å². The molecule has 6 heteroatoms. The van der Waals surface area contributed by atoms with E-state index in [-0.39, 0.29) is 18.0 Å². The maximum absolute atomic E-state index is 12.0. The molecule has 2 N–H and O–H groups in total. The van der Waals surface area contributed by atoms with Crippen molar-refractivity contribution in [3.63, 3.8) is 0 Å². The average molecular weight is 295 g/mol. The molecule has 1 aliphatic heterocycles. The molecule has 2 rings (SSSR count). The smallest absolute Gasteiger partial charge is 0.315 e. The van der Waals surface area contributed by atoms with Crippen LogP contribution >= 0.6 is 11.3 Å². The quantitative estimate of drug-likeness (QED) is 0.895. The lowest BCUT2D eigenvalue weighted by molar-refractivity contribution is -0.128. The Labute approximate surface area is 123 Å². The van der Waals surface area contributed by atoms with Crippen molar-refractivity contribution in [1.29, 1.82) is 0 Å². The first-order valence-corrected chi connectivity index (χ1v) is 7.59. The van der Waals surface area contributed by atoms with Crippen molar-refractivity contribution in [2.45, 2.75) is 39.3 Å². The predicted molar refractivity (Wildman–Crippen MR) is 79.9 cm³/mol. The molecule has 1 fully saturated rings. The molecule has 2 heterocycles. The van der Waals surface area contributed by atoms with Gasteiger partial charge in [0.15, 0.2) is 0 Å². The second-order valence-corrected chi connectivity index (χ2v) is 6.77. The molecule has 0 spiro atoms. The lowest BCUT2D eigenvalue weighted by Crippen LogP contribution is -2.46. The molecule has 1 aromatic rings. The van der Waals surface area contributed by atoms with Gasteiger partial charge in [0.1, 0.15) is 6.04 Å².